The number of carbonyl (C=O) groups is 1. The molecule has 6 nitrogen and oxygen atoms in total. The van der Waals surface area contributed by atoms with Crippen LogP contribution in [0.2, 0.25) is 0 Å². The van der Waals surface area contributed by atoms with Crippen LogP contribution in [-0.2, 0) is 17.6 Å². The van der Waals surface area contributed by atoms with E-state index < -0.39 is 12.5 Å². The predicted molar refractivity (Wildman–Crippen MR) is 128 cm³/mol. The van der Waals surface area contributed by atoms with Gasteiger partial charge < -0.3 is 19.7 Å². The fourth-order valence-electron chi connectivity index (χ4n) is 4.45. The van der Waals surface area contributed by atoms with Crippen LogP contribution in [0.3, 0.4) is 0 Å². The average molecular weight is 512 g/mol. The van der Waals surface area contributed by atoms with Gasteiger partial charge in [0.1, 0.15) is 5.82 Å². The second-order valence-corrected chi connectivity index (χ2v) is 10.5. The Morgan fingerprint density at radius 3 is 2.86 bits per heavy atom. The number of nitrogens with zero attached hydrogens (tertiary/aromatic N) is 2. The SMILES string of the molecule is Cc1c(F)cccc1C(=O)NC1CCC(CCN2CCc3nc(OCC(C)(F)F)sc3CC2)OC1. The van der Waals surface area contributed by atoms with E-state index in [2.05, 4.69) is 15.2 Å². The highest BCUT2D eigenvalue weighted by Gasteiger charge is 2.27. The average Bonchev–Trinajstić information content (AvgIpc) is 3.12. The van der Waals surface area contributed by atoms with Crippen LogP contribution in [0.25, 0.3) is 0 Å². The zero-order valence-corrected chi connectivity index (χ0v) is 20.9. The molecule has 0 radical (unpaired) electrons. The molecule has 0 aliphatic carbocycles. The Morgan fingerprint density at radius 1 is 1.31 bits per heavy atom. The Hall–Kier alpha value is -2.17. The maximum Gasteiger partial charge on any atom is 0.278 e. The van der Waals surface area contributed by atoms with Gasteiger partial charge >= 0.3 is 0 Å². The molecule has 0 bridgehead atoms. The third-order valence-electron chi connectivity index (χ3n) is 6.51. The minimum absolute atomic E-state index is 0.0780. The highest BCUT2D eigenvalue weighted by Crippen LogP contribution is 2.29. The lowest BCUT2D eigenvalue weighted by Crippen LogP contribution is -2.43. The minimum Gasteiger partial charge on any atom is -0.464 e. The fourth-order valence-corrected chi connectivity index (χ4v) is 5.39. The molecule has 2 aromatic rings. The summed E-state index contributed by atoms with van der Waals surface area (Å²) in [6.07, 6.45) is 4.34. The van der Waals surface area contributed by atoms with Gasteiger partial charge in [-0.25, -0.2) is 18.2 Å². The van der Waals surface area contributed by atoms with E-state index in [1.807, 2.05) is 0 Å². The number of ether oxygens (including phenoxy) is 2. The lowest BCUT2D eigenvalue weighted by atomic mass is 10.0. The number of fused-ring (bicyclic) bond motifs is 1. The van der Waals surface area contributed by atoms with Crippen molar-refractivity contribution in [3.05, 3.63) is 45.7 Å². The number of rotatable bonds is 8. The summed E-state index contributed by atoms with van der Waals surface area (Å²) < 4.78 is 51.0. The van der Waals surface area contributed by atoms with Crippen LogP contribution < -0.4 is 10.1 Å². The van der Waals surface area contributed by atoms with Gasteiger partial charge in [-0.05, 0) is 50.3 Å². The van der Waals surface area contributed by atoms with Crippen molar-refractivity contribution < 1.29 is 27.4 Å². The van der Waals surface area contributed by atoms with Gasteiger partial charge in [0.25, 0.3) is 17.0 Å². The predicted octanol–water partition coefficient (Wildman–Crippen LogP) is 4.39. The van der Waals surface area contributed by atoms with Crippen LogP contribution in [0, 0.1) is 12.7 Å². The summed E-state index contributed by atoms with van der Waals surface area (Å²) in [5.74, 6) is -3.52. The molecule has 2 aliphatic rings. The summed E-state index contributed by atoms with van der Waals surface area (Å²) in [7, 11) is 0. The van der Waals surface area contributed by atoms with Crippen molar-refractivity contribution in [2.45, 2.75) is 64.0 Å². The molecule has 1 aromatic carbocycles. The standard InChI is InChI=1S/C25H32F3N3O3S/c1-16-19(4-3-5-20(16)26)23(32)29-17-6-7-18(33-14-17)8-11-31-12-9-21-22(10-13-31)35-24(30-21)34-15-25(2,27)28/h3-5,17-18H,6-15H2,1-2H3,(H,29,32). The second kappa shape index (κ2) is 11.3. The number of benzene rings is 1. The molecule has 1 aromatic heterocycles. The zero-order chi connectivity index (χ0) is 25.0. The lowest BCUT2D eigenvalue weighted by Gasteiger charge is -2.31. The zero-order valence-electron chi connectivity index (χ0n) is 20.1. The molecule has 2 atom stereocenters. The van der Waals surface area contributed by atoms with E-state index in [-0.39, 0.29) is 23.9 Å². The maximum absolute atomic E-state index is 13.7. The summed E-state index contributed by atoms with van der Waals surface area (Å²) in [6.45, 7) is 4.90. The second-order valence-electron chi connectivity index (χ2n) is 9.45. The maximum atomic E-state index is 13.7. The molecule has 3 heterocycles. The van der Waals surface area contributed by atoms with Crippen molar-refractivity contribution in [3.63, 3.8) is 0 Å². The highest BCUT2D eigenvalue weighted by molar-refractivity contribution is 7.13. The summed E-state index contributed by atoms with van der Waals surface area (Å²) in [6, 6.07) is 4.45. The van der Waals surface area contributed by atoms with Crippen LogP contribution in [0.15, 0.2) is 18.2 Å². The van der Waals surface area contributed by atoms with E-state index in [0.717, 1.165) is 69.2 Å². The summed E-state index contributed by atoms with van der Waals surface area (Å²) in [5.41, 5.74) is 1.67. The van der Waals surface area contributed by atoms with Gasteiger partial charge in [0.15, 0.2) is 6.61 Å². The van der Waals surface area contributed by atoms with Crippen molar-refractivity contribution in [2.75, 3.05) is 32.8 Å². The molecule has 4 rings (SSSR count). The fraction of sp³-hybridized carbons (Fsp3) is 0.600. The van der Waals surface area contributed by atoms with E-state index in [1.54, 1.807) is 19.1 Å². The van der Waals surface area contributed by atoms with Crippen LogP contribution in [0.1, 0.15) is 52.7 Å². The molecule has 2 unspecified atom stereocenters. The summed E-state index contributed by atoms with van der Waals surface area (Å²) in [5, 5.41) is 3.30. The monoisotopic (exact) mass is 511 g/mol. The quantitative estimate of drug-likeness (QED) is 0.570. The highest BCUT2D eigenvalue weighted by atomic mass is 32.1. The molecule has 192 valence electrons. The third-order valence-corrected chi connectivity index (χ3v) is 7.58. The first-order valence-corrected chi connectivity index (χ1v) is 12.9. The number of thiazole rings is 1. The normalized spacial score (nSPS) is 21.3. The molecule has 1 N–H and O–H groups in total. The van der Waals surface area contributed by atoms with Crippen molar-refractivity contribution in [1.29, 1.82) is 0 Å². The van der Waals surface area contributed by atoms with Crippen LogP contribution in [0.5, 0.6) is 5.19 Å². The molecule has 35 heavy (non-hydrogen) atoms. The van der Waals surface area contributed by atoms with Gasteiger partial charge in [-0.15, -0.1) is 0 Å². The Morgan fingerprint density at radius 2 is 2.11 bits per heavy atom. The first-order chi connectivity index (χ1) is 16.7. The van der Waals surface area contributed by atoms with Gasteiger partial charge in [0.2, 0.25) is 0 Å². The number of amides is 1. The number of aromatic nitrogens is 1. The number of hydrogen-bond donors (Lipinski definition) is 1. The van der Waals surface area contributed by atoms with E-state index in [0.29, 0.717) is 22.9 Å². The number of nitrogens with one attached hydrogen (secondary N) is 1. The van der Waals surface area contributed by atoms with Crippen molar-refractivity contribution in [3.8, 4) is 5.19 Å². The first kappa shape index (κ1) is 25.9. The Kier molecular flexibility index (Phi) is 8.34. The largest absolute Gasteiger partial charge is 0.464 e. The molecule has 10 heteroatoms. The topological polar surface area (TPSA) is 63.7 Å². The Labute approximate surface area is 207 Å². The molecule has 1 fully saturated rings. The van der Waals surface area contributed by atoms with Gasteiger partial charge in [-0.2, -0.15) is 0 Å². The first-order valence-electron chi connectivity index (χ1n) is 12.1. The van der Waals surface area contributed by atoms with Crippen molar-refractivity contribution >= 4 is 17.2 Å². The smallest absolute Gasteiger partial charge is 0.278 e. The lowest BCUT2D eigenvalue weighted by molar-refractivity contribution is -0.0230. The summed E-state index contributed by atoms with van der Waals surface area (Å²) >= 11 is 1.37. The van der Waals surface area contributed by atoms with E-state index in [1.165, 1.54) is 17.4 Å². The number of halogens is 3. The molecule has 0 saturated carbocycles. The Balaban J connectivity index is 1.17. The molecule has 1 amide bonds. The van der Waals surface area contributed by atoms with E-state index >= 15 is 0 Å². The number of alkyl halides is 2. The van der Waals surface area contributed by atoms with Crippen LogP contribution in [-0.4, -0.2) is 66.7 Å². The van der Waals surface area contributed by atoms with Crippen molar-refractivity contribution in [2.24, 2.45) is 0 Å². The van der Waals surface area contributed by atoms with Crippen LogP contribution >= 0.6 is 11.3 Å². The molecular weight excluding hydrogens is 479 g/mol. The van der Waals surface area contributed by atoms with E-state index in [9.17, 15) is 18.0 Å². The van der Waals surface area contributed by atoms with Gasteiger partial charge in [-0.1, -0.05) is 17.4 Å². The van der Waals surface area contributed by atoms with Gasteiger partial charge in [0, 0.05) is 43.4 Å². The Bertz CT molecular complexity index is 994. The number of carbonyl (C=O) groups excluding carboxylic acids is 1. The summed E-state index contributed by atoms with van der Waals surface area (Å²) in [4.78, 5) is 20.4. The molecule has 2 aliphatic heterocycles. The van der Waals surface area contributed by atoms with Gasteiger partial charge in [-0.3, -0.25) is 4.79 Å². The van der Waals surface area contributed by atoms with Crippen LogP contribution in [0.4, 0.5) is 13.2 Å². The third kappa shape index (κ3) is 7.17. The van der Waals surface area contributed by atoms with E-state index in [4.69, 9.17) is 9.47 Å². The molecule has 0 spiro atoms. The minimum atomic E-state index is -2.87. The number of hydrogen-bond acceptors (Lipinski definition) is 6. The van der Waals surface area contributed by atoms with Crippen molar-refractivity contribution in [1.82, 2.24) is 15.2 Å². The molecular formula is C25H32F3N3O3S. The molecule has 1 saturated heterocycles. The van der Waals surface area contributed by atoms with Gasteiger partial charge in [0.05, 0.1) is 24.4 Å².